The maximum atomic E-state index is 12.2. The Morgan fingerprint density at radius 1 is 1.62 bits per heavy atom. The summed E-state index contributed by atoms with van der Waals surface area (Å²) in [6.07, 6.45) is 4.30. The van der Waals surface area contributed by atoms with Gasteiger partial charge in [-0.25, -0.2) is 0 Å². The largest absolute Gasteiger partial charge is 0.397 e. The molecule has 2 N–H and O–H groups in total. The maximum absolute atomic E-state index is 12.2. The van der Waals surface area contributed by atoms with Crippen molar-refractivity contribution in [1.82, 2.24) is 9.47 Å². The van der Waals surface area contributed by atoms with E-state index in [4.69, 9.17) is 5.73 Å². The predicted octanol–water partition coefficient (Wildman–Crippen LogP) is 1.48. The van der Waals surface area contributed by atoms with Crippen LogP contribution >= 0.6 is 0 Å². The molecule has 0 spiro atoms. The molecule has 0 aliphatic heterocycles. The number of aryl methyl sites for hydroxylation is 1. The molecule has 0 unspecified atom stereocenters. The molecule has 4 heteroatoms. The van der Waals surface area contributed by atoms with Gasteiger partial charge in [-0.2, -0.15) is 0 Å². The molecule has 1 amide bonds. The van der Waals surface area contributed by atoms with Gasteiger partial charge in [-0.1, -0.05) is 0 Å². The number of carbonyl (C=O) groups excluding carboxylic acids is 1. The smallest absolute Gasteiger partial charge is 0.270 e. The molecule has 16 heavy (non-hydrogen) atoms. The first-order chi connectivity index (χ1) is 7.61. The van der Waals surface area contributed by atoms with E-state index in [0.717, 1.165) is 19.0 Å². The summed E-state index contributed by atoms with van der Waals surface area (Å²) in [5.74, 6) is 0.815. The average Bonchev–Trinajstić information content (AvgIpc) is 2.99. The minimum Gasteiger partial charge on any atom is -0.397 e. The maximum Gasteiger partial charge on any atom is 0.270 e. The van der Waals surface area contributed by atoms with Crippen LogP contribution in [0.1, 0.15) is 30.3 Å². The van der Waals surface area contributed by atoms with E-state index in [1.54, 1.807) is 16.8 Å². The van der Waals surface area contributed by atoms with Gasteiger partial charge in [-0.05, 0) is 31.7 Å². The van der Waals surface area contributed by atoms with Crippen molar-refractivity contribution in [3.63, 3.8) is 0 Å². The normalized spacial score (nSPS) is 15.1. The van der Waals surface area contributed by atoms with Crippen LogP contribution in [0.3, 0.4) is 0 Å². The van der Waals surface area contributed by atoms with Crippen LogP contribution in [0.2, 0.25) is 0 Å². The summed E-state index contributed by atoms with van der Waals surface area (Å²) >= 11 is 0. The summed E-state index contributed by atoms with van der Waals surface area (Å²) < 4.78 is 1.80. The monoisotopic (exact) mass is 221 g/mol. The number of aromatic nitrogens is 1. The fourth-order valence-electron chi connectivity index (χ4n) is 1.93. The number of anilines is 1. The van der Waals surface area contributed by atoms with Gasteiger partial charge in [0, 0.05) is 26.3 Å². The first kappa shape index (κ1) is 11.0. The zero-order chi connectivity index (χ0) is 11.7. The zero-order valence-corrected chi connectivity index (χ0v) is 9.94. The number of rotatable bonds is 4. The van der Waals surface area contributed by atoms with Crippen molar-refractivity contribution in [2.24, 2.45) is 13.0 Å². The Morgan fingerprint density at radius 3 is 2.75 bits per heavy atom. The first-order valence-electron chi connectivity index (χ1n) is 5.83. The third-order valence-electron chi connectivity index (χ3n) is 3.09. The molecule has 0 radical (unpaired) electrons. The van der Waals surface area contributed by atoms with Crippen LogP contribution in [0.4, 0.5) is 5.69 Å². The summed E-state index contributed by atoms with van der Waals surface area (Å²) in [5, 5.41) is 0. The van der Waals surface area contributed by atoms with Crippen molar-refractivity contribution in [3.8, 4) is 0 Å². The number of hydrogen-bond donors (Lipinski definition) is 1. The van der Waals surface area contributed by atoms with Crippen molar-refractivity contribution in [1.29, 1.82) is 0 Å². The van der Waals surface area contributed by atoms with E-state index < -0.39 is 0 Å². The topological polar surface area (TPSA) is 51.3 Å². The minimum absolute atomic E-state index is 0.0913. The van der Waals surface area contributed by atoms with Gasteiger partial charge in [0.2, 0.25) is 0 Å². The predicted molar refractivity (Wildman–Crippen MR) is 64.1 cm³/mol. The van der Waals surface area contributed by atoms with Gasteiger partial charge < -0.3 is 15.2 Å². The second-order valence-electron chi connectivity index (χ2n) is 4.56. The fourth-order valence-corrected chi connectivity index (χ4v) is 1.93. The molecule has 0 atom stereocenters. The lowest BCUT2D eigenvalue weighted by Crippen LogP contribution is -2.33. The van der Waals surface area contributed by atoms with Crippen molar-refractivity contribution >= 4 is 11.6 Å². The van der Waals surface area contributed by atoms with Gasteiger partial charge in [0.05, 0.1) is 5.69 Å². The standard InChI is InChI=1S/C12H19N3O/c1-3-15(7-9-4-5-9)12(16)11-6-10(13)8-14(11)2/h6,8-9H,3-5,7,13H2,1-2H3. The van der Waals surface area contributed by atoms with E-state index in [2.05, 4.69) is 0 Å². The lowest BCUT2D eigenvalue weighted by molar-refractivity contribution is 0.0747. The highest BCUT2D eigenvalue weighted by molar-refractivity contribution is 5.93. The SMILES string of the molecule is CCN(CC1CC1)C(=O)c1cc(N)cn1C. The molecule has 1 aliphatic rings. The van der Waals surface area contributed by atoms with Crippen molar-refractivity contribution in [2.45, 2.75) is 19.8 Å². The second-order valence-corrected chi connectivity index (χ2v) is 4.56. The van der Waals surface area contributed by atoms with E-state index in [9.17, 15) is 4.79 Å². The highest BCUT2D eigenvalue weighted by Gasteiger charge is 2.27. The first-order valence-corrected chi connectivity index (χ1v) is 5.83. The van der Waals surface area contributed by atoms with Crippen LogP contribution < -0.4 is 5.73 Å². The molecule has 88 valence electrons. The Bertz CT molecular complexity index is 393. The second kappa shape index (κ2) is 4.20. The number of nitrogens with zero attached hydrogens (tertiary/aromatic N) is 2. The molecule has 4 nitrogen and oxygen atoms in total. The van der Waals surface area contributed by atoms with Gasteiger partial charge in [0.15, 0.2) is 0 Å². The van der Waals surface area contributed by atoms with Crippen molar-refractivity contribution < 1.29 is 4.79 Å². The molecule has 0 aromatic carbocycles. The molecule has 2 rings (SSSR count). The molecule has 1 heterocycles. The van der Waals surface area contributed by atoms with Gasteiger partial charge in [-0.3, -0.25) is 4.79 Å². The Balaban J connectivity index is 2.11. The third kappa shape index (κ3) is 2.21. The Hall–Kier alpha value is -1.45. The lowest BCUT2D eigenvalue weighted by Gasteiger charge is -2.20. The Morgan fingerprint density at radius 2 is 2.31 bits per heavy atom. The summed E-state index contributed by atoms with van der Waals surface area (Å²) in [6.45, 7) is 3.67. The van der Waals surface area contributed by atoms with Gasteiger partial charge in [-0.15, -0.1) is 0 Å². The molecule has 0 saturated heterocycles. The Labute approximate surface area is 96.0 Å². The van der Waals surface area contributed by atoms with Crippen LogP contribution in [0.5, 0.6) is 0 Å². The van der Waals surface area contributed by atoms with E-state index in [1.165, 1.54) is 12.8 Å². The molecular formula is C12H19N3O. The molecule has 1 saturated carbocycles. The van der Waals surface area contributed by atoms with E-state index in [0.29, 0.717) is 11.4 Å². The number of nitrogens with two attached hydrogens (primary N) is 1. The van der Waals surface area contributed by atoms with Crippen LogP contribution in [0, 0.1) is 5.92 Å². The molecule has 1 aliphatic carbocycles. The van der Waals surface area contributed by atoms with Gasteiger partial charge >= 0.3 is 0 Å². The van der Waals surface area contributed by atoms with Gasteiger partial charge in [0.1, 0.15) is 5.69 Å². The van der Waals surface area contributed by atoms with Crippen molar-refractivity contribution in [2.75, 3.05) is 18.8 Å². The fraction of sp³-hybridized carbons (Fsp3) is 0.583. The number of carbonyl (C=O) groups is 1. The molecule has 1 aromatic rings. The van der Waals surface area contributed by atoms with E-state index in [1.807, 2.05) is 18.9 Å². The molecular weight excluding hydrogens is 202 g/mol. The highest BCUT2D eigenvalue weighted by Crippen LogP contribution is 2.30. The van der Waals surface area contributed by atoms with Gasteiger partial charge in [0.25, 0.3) is 5.91 Å². The van der Waals surface area contributed by atoms with E-state index >= 15 is 0 Å². The summed E-state index contributed by atoms with van der Waals surface area (Å²) in [4.78, 5) is 14.1. The molecule has 0 bridgehead atoms. The van der Waals surface area contributed by atoms with Crippen LogP contribution in [0.15, 0.2) is 12.3 Å². The average molecular weight is 221 g/mol. The lowest BCUT2D eigenvalue weighted by atomic mass is 10.3. The third-order valence-corrected chi connectivity index (χ3v) is 3.09. The quantitative estimate of drug-likeness (QED) is 0.837. The summed E-state index contributed by atoms with van der Waals surface area (Å²) in [7, 11) is 1.86. The highest BCUT2D eigenvalue weighted by atomic mass is 16.2. The number of nitrogen functional groups attached to an aromatic ring is 1. The van der Waals surface area contributed by atoms with E-state index in [-0.39, 0.29) is 5.91 Å². The van der Waals surface area contributed by atoms with Crippen LogP contribution in [0.25, 0.3) is 0 Å². The summed E-state index contributed by atoms with van der Waals surface area (Å²) in [6, 6.07) is 1.75. The number of amides is 1. The molecule has 1 fully saturated rings. The van der Waals surface area contributed by atoms with Crippen molar-refractivity contribution in [3.05, 3.63) is 18.0 Å². The van der Waals surface area contributed by atoms with Crippen LogP contribution in [-0.2, 0) is 7.05 Å². The minimum atomic E-state index is 0.0913. The summed E-state index contributed by atoms with van der Waals surface area (Å²) in [5.41, 5.74) is 7.01. The zero-order valence-electron chi connectivity index (χ0n) is 9.94. The number of hydrogen-bond acceptors (Lipinski definition) is 2. The van der Waals surface area contributed by atoms with Crippen LogP contribution in [-0.4, -0.2) is 28.5 Å². The molecule has 1 aromatic heterocycles. The Kier molecular flexibility index (Phi) is 2.90.